The van der Waals surface area contributed by atoms with Gasteiger partial charge in [-0.1, -0.05) is 35.4 Å². The first-order chi connectivity index (χ1) is 12.2. The smallest absolute Gasteiger partial charge is 0.318 e. The summed E-state index contributed by atoms with van der Waals surface area (Å²) in [6, 6.07) is 11.1. The zero-order valence-corrected chi connectivity index (χ0v) is 14.6. The second kappa shape index (κ2) is 6.86. The Hall–Kier alpha value is -2.37. The van der Waals surface area contributed by atoms with Crippen LogP contribution in [0.25, 0.3) is 0 Å². The zero-order chi connectivity index (χ0) is 17.2. The summed E-state index contributed by atoms with van der Waals surface area (Å²) in [5.41, 5.74) is 1.30. The van der Waals surface area contributed by atoms with Gasteiger partial charge in [-0.2, -0.15) is 0 Å². The molecule has 2 heterocycles. The second-order valence-electron chi connectivity index (χ2n) is 7.03. The number of aryl methyl sites for hydroxylation is 1. The van der Waals surface area contributed by atoms with E-state index in [-0.39, 0.29) is 5.91 Å². The van der Waals surface area contributed by atoms with Crippen molar-refractivity contribution in [2.75, 3.05) is 31.1 Å². The number of rotatable bonds is 5. The van der Waals surface area contributed by atoms with E-state index in [9.17, 15) is 4.79 Å². The van der Waals surface area contributed by atoms with Crippen molar-refractivity contribution in [1.29, 1.82) is 0 Å². The van der Waals surface area contributed by atoms with E-state index < -0.39 is 0 Å². The molecule has 2 fully saturated rings. The first-order valence-corrected chi connectivity index (χ1v) is 9.08. The van der Waals surface area contributed by atoms with E-state index >= 15 is 0 Å². The third kappa shape index (κ3) is 3.67. The average Bonchev–Trinajstić information content (AvgIpc) is 3.40. The Balaban J connectivity index is 1.35. The van der Waals surface area contributed by atoms with Gasteiger partial charge in [0.1, 0.15) is 0 Å². The molecular weight excluding hydrogens is 316 g/mol. The van der Waals surface area contributed by atoms with Gasteiger partial charge in [0.15, 0.2) is 0 Å². The number of nitrogens with zero attached hydrogens (tertiary/aromatic N) is 4. The highest BCUT2D eigenvalue weighted by Gasteiger charge is 2.35. The van der Waals surface area contributed by atoms with Gasteiger partial charge in [-0.25, -0.2) is 0 Å². The molecule has 1 atom stereocenters. The molecule has 132 valence electrons. The Bertz CT molecular complexity index is 718. The molecule has 1 aliphatic carbocycles. The lowest BCUT2D eigenvalue weighted by Crippen LogP contribution is -2.49. The van der Waals surface area contributed by atoms with E-state index in [0.29, 0.717) is 43.3 Å². The van der Waals surface area contributed by atoms with E-state index in [0.717, 1.165) is 13.1 Å². The van der Waals surface area contributed by atoms with E-state index in [2.05, 4.69) is 39.4 Å². The fourth-order valence-corrected chi connectivity index (χ4v) is 3.63. The van der Waals surface area contributed by atoms with Crippen molar-refractivity contribution in [3.63, 3.8) is 0 Å². The van der Waals surface area contributed by atoms with Crippen molar-refractivity contribution in [3.05, 3.63) is 41.8 Å². The molecule has 2 aliphatic rings. The van der Waals surface area contributed by atoms with Crippen molar-refractivity contribution in [2.45, 2.75) is 32.1 Å². The van der Waals surface area contributed by atoms with Crippen molar-refractivity contribution < 1.29 is 9.21 Å². The normalized spacial score (nSPS) is 19.1. The lowest BCUT2D eigenvalue weighted by Gasteiger charge is -2.34. The van der Waals surface area contributed by atoms with Crippen molar-refractivity contribution >= 4 is 11.9 Å². The maximum absolute atomic E-state index is 12.8. The van der Waals surface area contributed by atoms with Crippen LogP contribution in [0.5, 0.6) is 0 Å². The average molecular weight is 340 g/mol. The number of aromatic nitrogens is 2. The van der Waals surface area contributed by atoms with Crippen molar-refractivity contribution in [1.82, 2.24) is 15.1 Å². The van der Waals surface area contributed by atoms with Crippen molar-refractivity contribution in [2.24, 2.45) is 5.92 Å². The van der Waals surface area contributed by atoms with Crippen LogP contribution in [-0.2, 0) is 4.79 Å². The number of piperazine rings is 1. The van der Waals surface area contributed by atoms with E-state index in [1.807, 2.05) is 11.0 Å². The van der Waals surface area contributed by atoms with E-state index in [1.54, 1.807) is 6.92 Å². The maximum atomic E-state index is 12.8. The van der Waals surface area contributed by atoms with Gasteiger partial charge in [0.2, 0.25) is 11.8 Å². The summed E-state index contributed by atoms with van der Waals surface area (Å²) in [7, 11) is 0. The Morgan fingerprint density at radius 1 is 1.16 bits per heavy atom. The first-order valence-electron chi connectivity index (χ1n) is 9.08. The van der Waals surface area contributed by atoms with Gasteiger partial charge in [-0.05, 0) is 30.2 Å². The summed E-state index contributed by atoms with van der Waals surface area (Å²) in [5, 5.41) is 7.94. The molecule has 0 radical (unpaired) electrons. The molecule has 0 bridgehead atoms. The first kappa shape index (κ1) is 16.1. The number of benzene rings is 1. The van der Waals surface area contributed by atoms with Crippen LogP contribution in [0.4, 0.5) is 6.01 Å². The van der Waals surface area contributed by atoms with Crippen LogP contribution >= 0.6 is 0 Å². The third-order valence-electron chi connectivity index (χ3n) is 5.23. The third-order valence-corrected chi connectivity index (χ3v) is 5.23. The summed E-state index contributed by atoms with van der Waals surface area (Å²) in [4.78, 5) is 16.9. The number of amides is 1. The van der Waals surface area contributed by atoms with Crippen LogP contribution in [0.2, 0.25) is 0 Å². The summed E-state index contributed by atoms with van der Waals surface area (Å²) in [6.07, 6.45) is 3.11. The minimum Gasteiger partial charge on any atom is -0.408 e. The highest BCUT2D eigenvalue weighted by Crippen LogP contribution is 2.44. The molecule has 1 unspecified atom stereocenters. The minimum absolute atomic E-state index is 0.266. The van der Waals surface area contributed by atoms with Gasteiger partial charge in [0.25, 0.3) is 0 Å². The topological polar surface area (TPSA) is 62.5 Å². The molecule has 6 heteroatoms. The highest BCUT2D eigenvalue weighted by atomic mass is 16.4. The van der Waals surface area contributed by atoms with Crippen LogP contribution < -0.4 is 4.90 Å². The molecule has 1 saturated heterocycles. The molecule has 0 spiro atoms. The maximum Gasteiger partial charge on any atom is 0.318 e. The lowest BCUT2D eigenvalue weighted by atomic mass is 9.90. The predicted octanol–water partition coefficient (Wildman–Crippen LogP) is 2.61. The molecule has 4 rings (SSSR count). The highest BCUT2D eigenvalue weighted by molar-refractivity contribution is 5.77. The lowest BCUT2D eigenvalue weighted by molar-refractivity contribution is -0.132. The zero-order valence-electron chi connectivity index (χ0n) is 14.6. The molecule has 0 N–H and O–H groups in total. The Morgan fingerprint density at radius 3 is 2.48 bits per heavy atom. The van der Waals surface area contributed by atoms with Gasteiger partial charge in [-0.3, -0.25) is 4.79 Å². The van der Waals surface area contributed by atoms with Gasteiger partial charge in [-0.15, -0.1) is 5.10 Å². The number of carbonyl (C=O) groups is 1. The Labute approximate surface area is 147 Å². The molecule has 1 amide bonds. The van der Waals surface area contributed by atoms with Crippen LogP contribution in [0.3, 0.4) is 0 Å². The molecule has 1 saturated carbocycles. The van der Waals surface area contributed by atoms with Crippen LogP contribution in [0, 0.1) is 12.8 Å². The number of hydrogen-bond donors (Lipinski definition) is 0. The standard InChI is InChI=1S/C19H24N4O2/c1-14-20-21-19(25-14)23-11-9-22(10-12-23)18(24)13-17(16-7-8-16)15-5-3-2-4-6-15/h2-6,16-17H,7-13H2,1H3. The molecule has 6 nitrogen and oxygen atoms in total. The van der Waals surface area contributed by atoms with Crippen LogP contribution in [-0.4, -0.2) is 47.2 Å². The molecule has 1 aromatic carbocycles. The molecule has 1 aromatic heterocycles. The minimum atomic E-state index is 0.266. The largest absolute Gasteiger partial charge is 0.408 e. The van der Waals surface area contributed by atoms with Gasteiger partial charge in [0, 0.05) is 39.5 Å². The second-order valence-corrected chi connectivity index (χ2v) is 7.03. The number of carbonyl (C=O) groups excluding carboxylic acids is 1. The fraction of sp³-hybridized carbons (Fsp3) is 0.526. The Morgan fingerprint density at radius 2 is 1.88 bits per heavy atom. The SMILES string of the molecule is Cc1nnc(N2CCN(C(=O)CC(c3ccccc3)C3CC3)CC2)o1. The van der Waals surface area contributed by atoms with E-state index in [4.69, 9.17) is 4.42 Å². The van der Waals surface area contributed by atoms with Crippen LogP contribution in [0.15, 0.2) is 34.7 Å². The van der Waals surface area contributed by atoms with E-state index in [1.165, 1.54) is 18.4 Å². The van der Waals surface area contributed by atoms with Gasteiger partial charge >= 0.3 is 6.01 Å². The summed E-state index contributed by atoms with van der Waals surface area (Å²) < 4.78 is 5.48. The Kier molecular flexibility index (Phi) is 4.42. The summed E-state index contributed by atoms with van der Waals surface area (Å²) in [6.45, 7) is 4.70. The molecule has 2 aromatic rings. The monoisotopic (exact) mass is 340 g/mol. The van der Waals surface area contributed by atoms with Gasteiger partial charge in [0.05, 0.1) is 0 Å². The summed E-state index contributed by atoms with van der Waals surface area (Å²) >= 11 is 0. The van der Waals surface area contributed by atoms with Crippen molar-refractivity contribution in [3.8, 4) is 0 Å². The fourth-order valence-electron chi connectivity index (χ4n) is 3.63. The molecule has 25 heavy (non-hydrogen) atoms. The van der Waals surface area contributed by atoms with Gasteiger partial charge < -0.3 is 14.2 Å². The quantitative estimate of drug-likeness (QED) is 0.837. The molecular formula is C19H24N4O2. The molecule has 1 aliphatic heterocycles. The predicted molar refractivity (Wildman–Crippen MR) is 94.4 cm³/mol. The number of hydrogen-bond acceptors (Lipinski definition) is 5. The summed E-state index contributed by atoms with van der Waals surface area (Å²) in [5.74, 6) is 1.88. The number of anilines is 1. The van der Waals surface area contributed by atoms with Crippen LogP contribution in [0.1, 0.15) is 36.6 Å².